The van der Waals surface area contributed by atoms with Crippen molar-refractivity contribution in [2.75, 3.05) is 13.2 Å². The highest BCUT2D eigenvalue weighted by molar-refractivity contribution is 5.98. The van der Waals surface area contributed by atoms with Crippen molar-refractivity contribution in [1.82, 2.24) is 15.6 Å². The first-order valence-corrected chi connectivity index (χ1v) is 8.39. The molecule has 2 fully saturated rings. The number of rotatable bonds is 5. The van der Waals surface area contributed by atoms with E-state index in [0.29, 0.717) is 12.1 Å². The molecule has 1 saturated carbocycles. The quantitative estimate of drug-likeness (QED) is 0.865. The van der Waals surface area contributed by atoms with Crippen LogP contribution in [0.5, 0.6) is 0 Å². The summed E-state index contributed by atoms with van der Waals surface area (Å²) in [5.41, 5.74) is 0.747. The van der Waals surface area contributed by atoms with Crippen molar-refractivity contribution in [3.63, 3.8) is 0 Å². The number of nitrogens with zero attached hydrogens (tertiary/aromatic N) is 1. The molecule has 6 heteroatoms. The van der Waals surface area contributed by atoms with Gasteiger partial charge in [0, 0.05) is 31.0 Å². The van der Waals surface area contributed by atoms with E-state index in [1.165, 1.54) is 6.20 Å². The Labute approximate surface area is 136 Å². The Morgan fingerprint density at radius 3 is 2.74 bits per heavy atom. The third-order valence-electron chi connectivity index (χ3n) is 4.46. The van der Waals surface area contributed by atoms with Crippen molar-refractivity contribution in [2.45, 2.75) is 50.7 Å². The largest absolute Gasteiger partial charge is 0.376 e. The molecule has 1 aliphatic carbocycles. The Bertz CT molecular complexity index is 564. The maximum Gasteiger partial charge on any atom is 0.269 e. The van der Waals surface area contributed by atoms with Crippen molar-refractivity contribution in [3.8, 4) is 0 Å². The Kier molecular flexibility index (Phi) is 5.23. The summed E-state index contributed by atoms with van der Waals surface area (Å²) in [6, 6.07) is 3.45. The Hall–Kier alpha value is -1.95. The summed E-state index contributed by atoms with van der Waals surface area (Å²) < 4.78 is 5.48. The zero-order valence-electron chi connectivity index (χ0n) is 13.2. The van der Waals surface area contributed by atoms with E-state index in [1.807, 2.05) is 0 Å². The summed E-state index contributed by atoms with van der Waals surface area (Å²) in [4.78, 5) is 28.5. The first-order chi connectivity index (χ1) is 11.2. The summed E-state index contributed by atoms with van der Waals surface area (Å²) in [5.74, 6) is -0.400. The summed E-state index contributed by atoms with van der Waals surface area (Å²) in [5, 5.41) is 5.84. The fraction of sp³-hybridized carbons (Fsp3) is 0.588. The van der Waals surface area contributed by atoms with Gasteiger partial charge in [0.15, 0.2) is 0 Å². The molecule has 2 amide bonds. The molecule has 0 bridgehead atoms. The lowest BCUT2D eigenvalue weighted by Gasteiger charge is -2.13. The maximum atomic E-state index is 12.3. The summed E-state index contributed by atoms with van der Waals surface area (Å²) in [7, 11) is 0. The van der Waals surface area contributed by atoms with Gasteiger partial charge in [-0.25, -0.2) is 0 Å². The number of ether oxygens (including phenoxy) is 1. The third-order valence-corrected chi connectivity index (χ3v) is 4.46. The molecule has 3 rings (SSSR count). The number of aromatic nitrogens is 1. The van der Waals surface area contributed by atoms with Gasteiger partial charge in [-0.3, -0.25) is 14.6 Å². The molecule has 0 radical (unpaired) electrons. The molecular weight excluding hydrogens is 294 g/mol. The fourth-order valence-corrected chi connectivity index (χ4v) is 3.14. The fourth-order valence-electron chi connectivity index (χ4n) is 3.14. The zero-order valence-corrected chi connectivity index (χ0v) is 13.2. The molecule has 1 aromatic heterocycles. The van der Waals surface area contributed by atoms with Crippen molar-refractivity contribution in [3.05, 3.63) is 29.6 Å². The molecule has 1 saturated heterocycles. The standard InChI is InChI=1S/C17H23N3O3/c21-16(20-13-4-1-2-5-13)12-7-8-18-15(10-12)17(22)19-11-14-6-3-9-23-14/h7-8,10,13-14H,1-6,9,11H2,(H,19,22)(H,20,21). The van der Waals surface area contributed by atoms with Gasteiger partial charge >= 0.3 is 0 Å². The van der Waals surface area contributed by atoms with Crippen LogP contribution in [-0.2, 0) is 4.74 Å². The number of pyridine rings is 1. The lowest BCUT2D eigenvalue weighted by molar-refractivity contribution is 0.0853. The molecule has 1 aliphatic heterocycles. The number of carbonyl (C=O) groups is 2. The second-order valence-electron chi connectivity index (χ2n) is 6.23. The van der Waals surface area contributed by atoms with E-state index in [4.69, 9.17) is 4.74 Å². The molecular formula is C17H23N3O3. The molecule has 23 heavy (non-hydrogen) atoms. The molecule has 1 unspecified atom stereocenters. The molecule has 1 atom stereocenters. The van der Waals surface area contributed by atoms with E-state index < -0.39 is 0 Å². The topological polar surface area (TPSA) is 80.3 Å². The van der Waals surface area contributed by atoms with E-state index in [2.05, 4.69) is 15.6 Å². The predicted molar refractivity (Wildman–Crippen MR) is 85.3 cm³/mol. The lowest BCUT2D eigenvalue weighted by atomic mass is 10.1. The second-order valence-corrected chi connectivity index (χ2v) is 6.23. The molecule has 124 valence electrons. The van der Waals surface area contributed by atoms with Crippen LogP contribution in [0.3, 0.4) is 0 Å². The van der Waals surface area contributed by atoms with Crippen LogP contribution in [0.1, 0.15) is 59.4 Å². The van der Waals surface area contributed by atoms with Gasteiger partial charge < -0.3 is 15.4 Å². The Morgan fingerprint density at radius 1 is 1.17 bits per heavy atom. The van der Waals surface area contributed by atoms with Gasteiger partial charge in [0.25, 0.3) is 11.8 Å². The van der Waals surface area contributed by atoms with Gasteiger partial charge in [-0.2, -0.15) is 0 Å². The van der Waals surface area contributed by atoms with Crippen LogP contribution >= 0.6 is 0 Å². The number of hydrogen-bond acceptors (Lipinski definition) is 4. The molecule has 1 aromatic rings. The minimum Gasteiger partial charge on any atom is -0.376 e. The zero-order chi connectivity index (χ0) is 16.1. The van der Waals surface area contributed by atoms with Crippen molar-refractivity contribution in [2.24, 2.45) is 0 Å². The Morgan fingerprint density at radius 2 is 2.00 bits per heavy atom. The van der Waals surface area contributed by atoms with Gasteiger partial charge in [-0.05, 0) is 37.8 Å². The van der Waals surface area contributed by atoms with Crippen molar-refractivity contribution >= 4 is 11.8 Å². The summed E-state index contributed by atoms with van der Waals surface area (Å²) in [6.07, 6.45) is 8.00. The number of carbonyl (C=O) groups excluding carboxylic acids is 2. The van der Waals surface area contributed by atoms with Crippen LogP contribution in [0.15, 0.2) is 18.3 Å². The SMILES string of the molecule is O=C(NC1CCCC1)c1ccnc(C(=O)NCC2CCCO2)c1. The molecule has 2 heterocycles. The highest BCUT2D eigenvalue weighted by atomic mass is 16.5. The van der Waals surface area contributed by atoms with Gasteiger partial charge in [0.05, 0.1) is 6.10 Å². The van der Waals surface area contributed by atoms with Gasteiger partial charge in [0.1, 0.15) is 5.69 Å². The second kappa shape index (κ2) is 7.55. The average molecular weight is 317 g/mol. The van der Waals surface area contributed by atoms with Crippen LogP contribution in [-0.4, -0.2) is 42.1 Å². The molecule has 6 nitrogen and oxygen atoms in total. The minimum absolute atomic E-state index is 0.0906. The van der Waals surface area contributed by atoms with E-state index in [-0.39, 0.29) is 29.7 Å². The molecule has 0 aromatic carbocycles. The van der Waals surface area contributed by atoms with Crippen LogP contribution < -0.4 is 10.6 Å². The average Bonchev–Trinajstić information content (AvgIpc) is 3.26. The van der Waals surface area contributed by atoms with Gasteiger partial charge in [-0.15, -0.1) is 0 Å². The van der Waals surface area contributed by atoms with E-state index >= 15 is 0 Å². The first kappa shape index (κ1) is 15.9. The van der Waals surface area contributed by atoms with E-state index in [9.17, 15) is 9.59 Å². The van der Waals surface area contributed by atoms with E-state index in [0.717, 1.165) is 45.1 Å². The third kappa shape index (κ3) is 4.28. The monoisotopic (exact) mass is 317 g/mol. The number of nitrogens with one attached hydrogen (secondary N) is 2. The van der Waals surface area contributed by atoms with Crippen molar-refractivity contribution in [1.29, 1.82) is 0 Å². The predicted octanol–water partition coefficient (Wildman–Crippen LogP) is 1.66. The summed E-state index contributed by atoms with van der Waals surface area (Å²) >= 11 is 0. The number of amides is 2. The van der Waals surface area contributed by atoms with Crippen LogP contribution in [0, 0.1) is 0 Å². The van der Waals surface area contributed by atoms with Crippen molar-refractivity contribution < 1.29 is 14.3 Å². The van der Waals surface area contributed by atoms with Crippen LogP contribution in [0.4, 0.5) is 0 Å². The highest BCUT2D eigenvalue weighted by Crippen LogP contribution is 2.18. The van der Waals surface area contributed by atoms with Crippen LogP contribution in [0.25, 0.3) is 0 Å². The normalized spacial score (nSPS) is 21.3. The lowest BCUT2D eigenvalue weighted by Crippen LogP contribution is -2.34. The van der Waals surface area contributed by atoms with Gasteiger partial charge in [-0.1, -0.05) is 12.8 Å². The molecule has 0 spiro atoms. The maximum absolute atomic E-state index is 12.3. The minimum atomic E-state index is -0.268. The summed E-state index contributed by atoms with van der Waals surface area (Å²) in [6.45, 7) is 1.24. The smallest absolute Gasteiger partial charge is 0.269 e. The van der Waals surface area contributed by atoms with E-state index in [1.54, 1.807) is 12.1 Å². The molecule has 2 N–H and O–H groups in total. The van der Waals surface area contributed by atoms with Crippen LogP contribution in [0.2, 0.25) is 0 Å². The number of hydrogen-bond donors (Lipinski definition) is 2. The highest BCUT2D eigenvalue weighted by Gasteiger charge is 2.20. The first-order valence-electron chi connectivity index (χ1n) is 8.39. The Balaban J connectivity index is 1.57. The van der Waals surface area contributed by atoms with Gasteiger partial charge in [0.2, 0.25) is 0 Å². The molecule has 2 aliphatic rings.